The SMILES string of the molecule is CC(CNC1CC1)N1CCC(CN2CCCC2)CC1. The third kappa shape index (κ3) is 4.17. The maximum atomic E-state index is 3.67. The van der Waals surface area contributed by atoms with Crippen LogP contribution in [0.25, 0.3) is 0 Å². The summed E-state index contributed by atoms with van der Waals surface area (Å²) in [5.74, 6) is 0.970. The zero-order chi connectivity index (χ0) is 13.1. The minimum absolute atomic E-state index is 0.730. The van der Waals surface area contributed by atoms with Gasteiger partial charge in [0, 0.05) is 25.2 Å². The monoisotopic (exact) mass is 265 g/mol. The van der Waals surface area contributed by atoms with Crippen LogP contribution in [0.15, 0.2) is 0 Å². The van der Waals surface area contributed by atoms with Crippen molar-refractivity contribution in [2.45, 2.75) is 57.5 Å². The molecule has 0 aromatic rings. The molecule has 0 amide bonds. The molecule has 0 aromatic carbocycles. The van der Waals surface area contributed by atoms with Crippen LogP contribution in [-0.4, -0.2) is 61.2 Å². The predicted octanol–water partition coefficient (Wildman–Crippen LogP) is 1.93. The van der Waals surface area contributed by atoms with Crippen LogP contribution in [0.4, 0.5) is 0 Å². The standard InChI is InChI=1S/C16H31N3/c1-14(12-17-16-4-5-16)19-10-6-15(7-11-19)13-18-8-2-3-9-18/h14-17H,2-13H2,1H3. The number of nitrogens with zero attached hydrogens (tertiary/aromatic N) is 2. The molecule has 3 heteroatoms. The Kier molecular flexibility index (Phi) is 4.78. The molecule has 0 radical (unpaired) electrons. The van der Waals surface area contributed by atoms with Crippen molar-refractivity contribution in [2.75, 3.05) is 39.3 Å². The first-order valence-electron chi connectivity index (χ1n) is 8.51. The fourth-order valence-electron chi connectivity index (χ4n) is 3.66. The highest BCUT2D eigenvalue weighted by atomic mass is 15.2. The highest BCUT2D eigenvalue weighted by molar-refractivity contribution is 4.85. The maximum Gasteiger partial charge on any atom is 0.0192 e. The van der Waals surface area contributed by atoms with E-state index >= 15 is 0 Å². The summed E-state index contributed by atoms with van der Waals surface area (Å²) in [6.07, 6.45) is 8.52. The van der Waals surface area contributed by atoms with Gasteiger partial charge in [0.05, 0.1) is 0 Å². The van der Waals surface area contributed by atoms with Crippen LogP contribution >= 0.6 is 0 Å². The Labute approximate surface area is 118 Å². The third-order valence-electron chi connectivity index (χ3n) is 5.27. The van der Waals surface area contributed by atoms with Gasteiger partial charge in [0.1, 0.15) is 0 Å². The molecule has 1 atom stereocenters. The number of hydrogen-bond acceptors (Lipinski definition) is 3. The van der Waals surface area contributed by atoms with Crippen LogP contribution in [-0.2, 0) is 0 Å². The summed E-state index contributed by atoms with van der Waals surface area (Å²) in [6, 6.07) is 1.59. The van der Waals surface area contributed by atoms with E-state index < -0.39 is 0 Å². The molecule has 1 aliphatic carbocycles. The molecule has 2 heterocycles. The molecule has 3 aliphatic rings. The fraction of sp³-hybridized carbons (Fsp3) is 1.00. The summed E-state index contributed by atoms with van der Waals surface area (Å²) < 4.78 is 0. The maximum absolute atomic E-state index is 3.67. The summed E-state index contributed by atoms with van der Waals surface area (Å²) in [5.41, 5.74) is 0. The summed E-state index contributed by atoms with van der Waals surface area (Å²) >= 11 is 0. The van der Waals surface area contributed by atoms with Crippen molar-refractivity contribution in [3.05, 3.63) is 0 Å². The second-order valence-electron chi connectivity index (χ2n) is 7.02. The Morgan fingerprint density at radius 1 is 1.00 bits per heavy atom. The molecule has 3 nitrogen and oxygen atoms in total. The summed E-state index contributed by atoms with van der Waals surface area (Å²) in [4.78, 5) is 5.40. The molecule has 0 bridgehead atoms. The first-order valence-corrected chi connectivity index (χ1v) is 8.51. The van der Waals surface area contributed by atoms with E-state index in [0.29, 0.717) is 0 Å². The Bertz CT molecular complexity index is 263. The van der Waals surface area contributed by atoms with Crippen LogP contribution in [0.5, 0.6) is 0 Å². The van der Waals surface area contributed by atoms with E-state index in [1.165, 1.54) is 77.8 Å². The molecule has 0 spiro atoms. The van der Waals surface area contributed by atoms with Crippen molar-refractivity contribution in [1.82, 2.24) is 15.1 Å². The lowest BCUT2D eigenvalue weighted by atomic mass is 9.95. The molecule has 0 aromatic heterocycles. The lowest BCUT2D eigenvalue weighted by molar-refractivity contribution is 0.121. The number of rotatable bonds is 6. The van der Waals surface area contributed by atoms with Crippen molar-refractivity contribution in [3.8, 4) is 0 Å². The van der Waals surface area contributed by atoms with Crippen LogP contribution in [0, 0.1) is 5.92 Å². The van der Waals surface area contributed by atoms with Crippen molar-refractivity contribution in [2.24, 2.45) is 5.92 Å². The van der Waals surface area contributed by atoms with Crippen LogP contribution in [0.3, 0.4) is 0 Å². The van der Waals surface area contributed by atoms with E-state index in [1.807, 2.05) is 0 Å². The number of likely N-dealkylation sites (tertiary alicyclic amines) is 2. The van der Waals surface area contributed by atoms with E-state index in [0.717, 1.165) is 18.0 Å². The average Bonchev–Trinajstić information content (AvgIpc) is 3.13. The largest absolute Gasteiger partial charge is 0.312 e. The van der Waals surface area contributed by atoms with Gasteiger partial charge in [-0.1, -0.05) is 0 Å². The minimum atomic E-state index is 0.730. The molecule has 19 heavy (non-hydrogen) atoms. The lowest BCUT2D eigenvalue weighted by Crippen LogP contribution is -2.46. The lowest BCUT2D eigenvalue weighted by Gasteiger charge is -2.37. The molecule has 1 N–H and O–H groups in total. The Balaban J connectivity index is 1.33. The van der Waals surface area contributed by atoms with Crippen molar-refractivity contribution in [3.63, 3.8) is 0 Å². The van der Waals surface area contributed by atoms with Crippen molar-refractivity contribution in [1.29, 1.82) is 0 Å². The Hall–Kier alpha value is -0.120. The summed E-state index contributed by atoms with van der Waals surface area (Å²) in [7, 11) is 0. The van der Waals surface area contributed by atoms with Gasteiger partial charge in [0.25, 0.3) is 0 Å². The van der Waals surface area contributed by atoms with Crippen molar-refractivity contribution < 1.29 is 0 Å². The van der Waals surface area contributed by atoms with E-state index in [1.54, 1.807) is 0 Å². The van der Waals surface area contributed by atoms with E-state index in [4.69, 9.17) is 0 Å². The molecule has 1 unspecified atom stereocenters. The van der Waals surface area contributed by atoms with Gasteiger partial charge in [0.2, 0.25) is 0 Å². The molecule has 110 valence electrons. The average molecular weight is 265 g/mol. The van der Waals surface area contributed by atoms with Gasteiger partial charge in [0.15, 0.2) is 0 Å². The van der Waals surface area contributed by atoms with Gasteiger partial charge >= 0.3 is 0 Å². The van der Waals surface area contributed by atoms with Gasteiger partial charge in [-0.3, -0.25) is 4.90 Å². The molecular weight excluding hydrogens is 234 g/mol. The molecule has 1 saturated carbocycles. The summed E-state index contributed by atoms with van der Waals surface area (Å²) in [5, 5.41) is 3.67. The molecule has 3 fully saturated rings. The number of hydrogen-bond donors (Lipinski definition) is 1. The van der Waals surface area contributed by atoms with Crippen LogP contribution in [0.1, 0.15) is 45.4 Å². The highest BCUT2D eigenvalue weighted by Gasteiger charge is 2.26. The van der Waals surface area contributed by atoms with Gasteiger partial charge < -0.3 is 10.2 Å². The number of nitrogens with one attached hydrogen (secondary N) is 1. The summed E-state index contributed by atoms with van der Waals surface area (Å²) in [6.45, 7) is 10.3. The first kappa shape index (κ1) is 13.8. The second kappa shape index (κ2) is 6.55. The Morgan fingerprint density at radius 2 is 1.68 bits per heavy atom. The van der Waals surface area contributed by atoms with Gasteiger partial charge in [-0.05, 0) is 77.5 Å². The molecule has 2 saturated heterocycles. The van der Waals surface area contributed by atoms with Gasteiger partial charge in [-0.2, -0.15) is 0 Å². The molecule has 3 rings (SSSR count). The third-order valence-corrected chi connectivity index (χ3v) is 5.27. The normalized spacial score (nSPS) is 28.9. The molecular formula is C16H31N3. The highest BCUT2D eigenvalue weighted by Crippen LogP contribution is 2.22. The predicted molar refractivity (Wildman–Crippen MR) is 80.5 cm³/mol. The number of piperidine rings is 1. The zero-order valence-electron chi connectivity index (χ0n) is 12.6. The van der Waals surface area contributed by atoms with E-state index in [9.17, 15) is 0 Å². The second-order valence-corrected chi connectivity index (χ2v) is 7.02. The first-order chi connectivity index (χ1) is 9.31. The topological polar surface area (TPSA) is 18.5 Å². The van der Waals surface area contributed by atoms with Crippen LogP contribution in [0.2, 0.25) is 0 Å². The van der Waals surface area contributed by atoms with Crippen molar-refractivity contribution >= 4 is 0 Å². The minimum Gasteiger partial charge on any atom is -0.312 e. The van der Waals surface area contributed by atoms with Gasteiger partial charge in [-0.25, -0.2) is 0 Å². The smallest absolute Gasteiger partial charge is 0.0192 e. The van der Waals surface area contributed by atoms with Gasteiger partial charge in [-0.15, -0.1) is 0 Å². The quantitative estimate of drug-likeness (QED) is 0.792. The van der Waals surface area contributed by atoms with E-state index in [2.05, 4.69) is 22.0 Å². The fourth-order valence-corrected chi connectivity index (χ4v) is 3.66. The van der Waals surface area contributed by atoms with E-state index in [-0.39, 0.29) is 0 Å². The van der Waals surface area contributed by atoms with Crippen LogP contribution < -0.4 is 5.32 Å². The molecule has 2 aliphatic heterocycles. The zero-order valence-corrected chi connectivity index (χ0v) is 12.6. The Morgan fingerprint density at radius 3 is 2.32 bits per heavy atom.